The highest BCUT2D eigenvalue weighted by Gasteiger charge is 2.07. The van der Waals surface area contributed by atoms with Crippen molar-refractivity contribution in [3.63, 3.8) is 0 Å². The molecule has 0 aliphatic rings. The monoisotopic (exact) mass is 244 g/mol. The first-order valence-electron chi connectivity index (χ1n) is 4.45. The molecule has 6 heteroatoms. The molecule has 3 amide bonds. The van der Waals surface area contributed by atoms with Crippen molar-refractivity contribution in [2.45, 2.75) is 6.92 Å². The molecule has 0 heterocycles. The number of anilines is 1. The number of imide groups is 1. The lowest BCUT2D eigenvalue weighted by Crippen LogP contribution is -2.35. The number of benzene rings is 1. The Kier molecular flexibility index (Phi) is 4.25. The molecular weight excluding hydrogens is 235 g/mol. The van der Waals surface area contributed by atoms with Crippen molar-refractivity contribution < 1.29 is 14.0 Å². The second-order valence-corrected chi connectivity index (χ2v) is 3.42. The summed E-state index contributed by atoms with van der Waals surface area (Å²) in [6, 6.07) is 3.31. The summed E-state index contributed by atoms with van der Waals surface area (Å²) in [5.74, 6) is -1.39. The second-order valence-electron chi connectivity index (χ2n) is 3.15. The summed E-state index contributed by atoms with van der Waals surface area (Å²) < 4.78 is 12.9. The van der Waals surface area contributed by atoms with Gasteiger partial charge >= 0.3 is 6.03 Å². The van der Waals surface area contributed by atoms with Crippen LogP contribution in [0.2, 0.25) is 0 Å². The van der Waals surface area contributed by atoms with Crippen molar-refractivity contribution in [2.75, 3.05) is 11.2 Å². The van der Waals surface area contributed by atoms with Gasteiger partial charge in [0.1, 0.15) is 11.7 Å². The van der Waals surface area contributed by atoms with Crippen LogP contribution >= 0.6 is 11.6 Å². The zero-order chi connectivity index (χ0) is 12.1. The number of nitrogens with one attached hydrogen (secondary N) is 2. The SMILES string of the molecule is Cc1cc(F)cc(NC(=O)NC(=O)CCl)c1. The first kappa shape index (κ1) is 12.4. The van der Waals surface area contributed by atoms with E-state index in [9.17, 15) is 14.0 Å². The van der Waals surface area contributed by atoms with Gasteiger partial charge in [-0.1, -0.05) is 0 Å². The van der Waals surface area contributed by atoms with E-state index < -0.39 is 17.8 Å². The van der Waals surface area contributed by atoms with Crippen LogP contribution < -0.4 is 10.6 Å². The van der Waals surface area contributed by atoms with Crippen LogP contribution in [0, 0.1) is 12.7 Å². The molecule has 86 valence electrons. The molecule has 2 N–H and O–H groups in total. The molecule has 0 aliphatic heterocycles. The third kappa shape index (κ3) is 3.86. The van der Waals surface area contributed by atoms with Crippen LogP contribution in [0.5, 0.6) is 0 Å². The van der Waals surface area contributed by atoms with E-state index in [2.05, 4.69) is 5.32 Å². The lowest BCUT2D eigenvalue weighted by atomic mass is 10.2. The van der Waals surface area contributed by atoms with E-state index in [-0.39, 0.29) is 11.6 Å². The molecule has 1 aromatic rings. The standard InChI is InChI=1S/C10H10ClFN2O2/c1-6-2-7(12)4-8(3-6)13-10(16)14-9(15)5-11/h2-4H,5H2,1H3,(H2,13,14,15,16). The van der Waals surface area contributed by atoms with Gasteiger partial charge in [-0.3, -0.25) is 10.1 Å². The maximum atomic E-state index is 12.9. The van der Waals surface area contributed by atoms with Gasteiger partial charge in [-0.25, -0.2) is 9.18 Å². The van der Waals surface area contributed by atoms with Crippen LogP contribution in [-0.2, 0) is 4.79 Å². The van der Waals surface area contributed by atoms with E-state index in [4.69, 9.17) is 11.6 Å². The quantitative estimate of drug-likeness (QED) is 0.782. The Morgan fingerprint density at radius 3 is 2.62 bits per heavy atom. The molecule has 0 atom stereocenters. The molecule has 0 spiro atoms. The summed E-state index contributed by atoms with van der Waals surface area (Å²) in [4.78, 5) is 21.9. The fourth-order valence-corrected chi connectivity index (χ4v) is 1.20. The van der Waals surface area contributed by atoms with Crippen molar-refractivity contribution in [2.24, 2.45) is 0 Å². The van der Waals surface area contributed by atoms with Crippen LogP contribution in [0.4, 0.5) is 14.9 Å². The van der Waals surface area contributed by atoms with Crippen LogP contribution in [0.15, 0.2) is 18.2 Å². The summed E-state index contributed by atoms with van der Waals surface area (Å²) in [5, 5.41) is 4.29. The van der Waals surface area contributed by atoms with Gasteiger partial charge in [-0.05, 0) is 30.7 Å². The Hall–Kier alpha value is -1.62. The van der Waals surface area contributed by atoms with Crippen molar-refractivity contribution >= 4 is 29.2 Å². The predicted molar refractivity (Wildman–Crippen MR) is 59.0 cm³/mol. The first-order valence-corrected chi connectivity index (χ1v) is 4.98. The van der Waals surface area contributed by atoms with Crippen molar-refractivity contribution in [3.05, 3.63) is 29.6 Å². The van der Waals surface area contributed by atoms with Crippen molar-refractivity contribution in [3.8, 4) is 0 Å². The largest absolute Gasteiger partial charge is 0.325 e. The summed E-state index contributed by atoms with van der Waals surface area (Å²) in [5.41, 5.74) is 0.941. The van der Waals surface area contributed by atoms with E-state index in [1.165, 1.54) is 6.07 Å². The van der Waals surface area contributed by atoms with Gasteiger partial charge in [0.05, 0.1) is 0 Å². The fourth-order valence-electron chi connectivity index (χ4n) is 1.13. The third-order valence-corrected chi connectivity index (χ3v) is 1.92. The highest BCUT2D eigenvalue weighted by molar-refractivity contribution is 6.28. The second kappa shape index (κ2) is 5.46. The number of urea groups is 1. The molecule has 0 bridgehead atoms. The number of rotatable bonds is 2. The molecule has 4 nitrogen and oxygen atoms in total. The topological polar surface area (TPSA) is 58.2 Å². The predicted octanol–water partition coefficient (Wildman–Crippen LogP) is 2.02. The number of alkyl halides is 1. The summed E-state index contributed by atoms with van der Waals surface area (Å²) >= 11 is 5.20. The Morgan fingerprint density at radius 2 is 2.06 bits per heavy atom. The minimum absolute atomic E-state index is 0.275. The molecule has 16 heavy (non-hydrogen) atoms. The Balaban J connectivity index is 2.66. The number of carbonyl (C=O) groups excluding carboxylic acids is 2. The van der Waals surface area contributed by atoms with Gasteiger partial charge in [0, 0.05) is 5.69 Å². The molecule has 0 unspecified atom stereocenters. The molecule has 0 fully saturated rings. The smallest absolute Gasteiger partial charge is 0.308 e. The van der Waals surface area contributed by atoms with Crippen LogP contribution in [0.1, 0.15) is 5.56 Å². The van der Waals surface area contributed by atoms with E-state index >= 15 is 0 Å². The molecule has 0 aliphatic carbocycles. The third-order valence-electron chi connectivity index (χ3n) is 1.67. The number of hydrogen-bond acceptors (Lipinski definition) is 2. The van der Waals surface area contributed by atoms with Gasteiger partial charge in [-0.15, -0.1) is 11.6 Å². The summed E-state index contributed by atoms with van der Waals surface area (Å²) in [6.45, 7) is 1.69. The molecule has 0 saturated carbocycles. The number of halogens is 2. The van der Waals surface area contributed by atoms with Crippen molar-refractivity contribution in [1.29, 1.82) is 0 Å². The van der Waals surface area contributed by atoms with E-state index in [1.807, 2.05) is 5.32 Å². The highest BCUT2D eigenvalue weighted by Crippen LogP contribution is 2.12. The Labute approximate surface area is 96.8 Å². The first-order chi connectivity index (χ1) is 7.51. The molecule has 0 aromatic heterocycles. The van der Waals surface area contributed by atoms with Gasteiger partial charge in [0.25, 0.3) is 0 Å². The lowest BCUT2D eigenvalue weighted by molar-refractivity contribution is -0.117. The van der Waals surface area contributed by atoms with Gasteiger partial charge < -0.3 is 5.32 Å². The molecule has 1 rings (SSSR count). The van der Waals surface area contributed by atoms with Gasteiger partial charge in [0.2, 0.25) is 5.91 Å². The molecule has 1 aromatic carbocycles. The van der Waals surface area contributed by atoms with Gasteiger partial charge in [0.15, 0.2) is 0 Å². The summed E-state index contributed by atoms with van der Waals surface area (Å²) in [6.07, 6.45) is 0. The van der Waals surface area contributed by atoms with Crippen LogP contribution in [0.25, 0.3) is 0 Å². The molecule has 0 saturated heterocycles. The number of hydrogen-bond donors (Lipinski definition) is 2. The fraction of sp³-hybridized carbons (Fsp3) is 0.200. The van der Waals surface area contributed by atoms with E-state index in [0.717, 1.165) is 6.07 Å². The molecule has 0 radical (unpaired) electrons. The molecular formula is C10H10ClFN2O2. The highest BCUT2D eigenvalue weighted by atomic mass is 35.5. The van der Waals surface area contributed by atoms with Crippen molar-refractivity contribution in [1.82, 2.24) is 5.32 Å². The maximum absolute atomic E-state index is 12.9. The zero-order valence-electron chi connectivity index (χ0n) is 8.51. The number of carbonyl (C=O) groups is 2. The van der Waals surface area contributed by atoms with Crippen LogP contribution in [0.3, 0.4) is 0 Å². The summed E-state index contributed by atoms with van der Waals surface area (Å²) in [7, 11) is 0. The van der Waals surface area contributed by atoms with Gasteiger partial charge in [-0.2, -0.15) is 0 Å². The normalized spacial score (nSPS) is 9.69. The lowest BCUT2D eigenvalue weighted by Gasteiger charge is -2.06. The minimum Gasteiger partial charge on any atom is -0.308 e. The van der Waals surface area contributed by atoms with Crippen LogP contribution in [-0.4, -0.2) is 17.8 Å². The number of amides is 3. The Morgan fingerprint density at radius 1 is 1.38 bits per heavy atom. The Bertz CT molecular complexity index is 403. The minimum atomic E-state index is -0.740. The van der Waals surface area contributed by atoms with E-state index in [0.29, 0.717) is 5.56 Å². The van der Waals surface area contributed by atoms with E-state index in [1.54, 1.807) is 13.0 Å². The number of aryl methyl sites for hydroxylation is 1. The average molecular weight is 245 g/mol. The average Bonchev–Trinajstić information content (AvgIpc) is 2.15. The zero-order valence-corrected chi connectivity index (χ0v) is 9.27. The maximum Gasteiger partial charge on any atom is 0.325 e.